The summed E-state index contributed by atoms with van der Waals surface area (Å²) in [4.78, 5) is 14.2. The highest BCUT2D eigenvalue weighted by Crippen LogP contribution is 2.22. The number of anilines is 1. The van der Waals surface area contributed by atoms with Gasteiger partial charge in [0.2, 0.25) is 0 Å². The Morgan fingerprint density at radius 1 is 1.26 bits per heavy atom. The van der Waals surface area contributed by atoms with E-state index in [9.17, 15) is 9.90 Å². The molecule has 3 rings (SSSR count). The van der Waals surface area contributed by atoms with Crippen LogP contribution in [0.25, 0.3) is 5.69 Å². The summed E-state index contributed by atoms with van der Waals surface area (Å²) in [5.74, 6) is 0.525. The molecule has 2 heterocycles. The second-order valence-corrected chi connectivity index (χ2v) is 6.13. The summed E-state index contributed by atoms with van der Waals surface area (Å²) < 4.78 is 1.59. The van der Waals surface area contributed by atoms with Crippen molar-refractivity contribution in [3.63, 3.8) is 0 Å². The van der Waals surface area contributed by atoms with Gasteiger partial charge in [-0.15, -0.1) is 5.10 Å². The first-order valence-corrected chi connectivity index (χ1v) is 7.80. The van der Waals surface area contributed by atoms with Crippen molar-refractivity contribution in [2.75, 3.05) is 18.4 Å². The van der Waals surface area contributed by atoms with Crippen LogP contribution >= 0.6 is 0 Å². The third kappa shape index (κ3) is 3.68. The maximum absolute atomic E-state index is 12.5. The molecule has 2 N–H and O–H groups in total. The van der Waals surface area contributed by atoms with Crippen LogP contribution in [0.3, 0.4) is 0 Å². The fourth-order valence-electron chi connectivity index (χ4n) is 2.74. The number of aromatic nitrogens is 3. The number of nitrogens with zero attached hydrogens (tertiary/aromatic N) is 4. The van der Waals surface area contributed by atoms with Gasteiger partial charge in [0.15, 0.2) is 5.82 Å². The van der Waals surface area contributed by atoms with E-state index in [0.717, 1.165) is 12.1 Å². The van der Waals surface area contributed by atoms with Crippen LogP contribution in [0.15, 0.2) is 36.5 Å². The smallest absolute Gasteiger partial charge is 0.323 e. The first-order valence-electron chi connectivity index (χ1n) is 7.80. The van der Waals surface area contributed by atoms with Crippen LogP contribution in [-0.4, -0.2) is 49.7 Å². The molecule has 2 amide bonds. The minimum absolute atomic E-state index is 0.192. The largest absolute Gasteiger partial charge is 0.390 e. The maximum atomic E-state index is 12.5. The molecule has 1 fully saturated rings. The number of amides is 2. The molecule has 1 saturated heterocycles. The van der Waals surface area contributed by atoms with E-state index in [-0.39, 0.29) is 6.03 Å². The predicted octanol–water partition coefficient (Wildman–Crippen LogP) is 2.04. The summed E-state index contributed by atoms with van der Waals surface area (Å²) in [5, 5.41) is 20.9. The lowest BCUT2D eigenvalue weighted by Crippen LogP contribution is -2.37. The van der Waals surface area contributed by atoms with Gasteiger partial charge in [-0.2, -0.15) is 4.68 Å². The fourth-order valence-corrected chi connectivity index (χ4v) is 2.74. The summed E-state index contributed by atoms with van der Waals surface area (Å²) >= 11 is 0. The Hall–Kier alpha value is -2.41. The predicted molar refractivity (Wildman–Crippen MR) is 86.4 cm³/mol. The highest BCUT2D eigenvalue weighted by molar-refractivity contribution is 5.88. The average Bonchev–Trinajstić information content (AvgIpc) is 2.91. The van der Waals surface area contributed by atoms with Crippen molar-refractivity contribution in [1.82, 2.24) is 19.9 Å². The highest BCUT2D eigenvalue weighted by Gasteiger charge is 2.27. The zero-order valence-corrected chi connectivity index (χ0v) is 13.1. The van der Waals surface area contributed by atoms with Gasteiger partial charge in [0, 0.05) is 13.1 Å². The molecule has 1 aromatic carbocycles. The quantitative estimate of drug-likeness (QED) is 0.888. The van der Waals surface area contributed by atoms with Crippen molar-refractivity contribution in [3.8, 4) is 5.69 Å². The first kappa shape index (κ1) is 15.5. The van der Waals surface area contributed by atoms with Gasteiger partial charge in [-0.1, -0.05) is 23.4 Å². The SMILES string of the molecule is CC1(O)CCCN(C(=O)Nc2cnnn2-c2ccccc2)CC1. The van der Waals surface area contributed by atoms with E-state index in [2.05, 4.69) is 15.6 Å². The van der Waals surface area contributed by atoms with Crippen molar-refractivity contribution in [2.24, 2.45) is 0 Å². The topological polar surface area (TPSA) is 83.3 Å². The third-order valence-electron chi connectivity index (χ3n) is 4.14. The van der Waals surface area contributed by atoms with Crippen LogP contribution in [0, 0.1) is 0 Å². The molecular formula is C16H21N5O2. The van der Waals surface area contributed by atoms with Crippen LogP contribution in [0.2, 0.25) is 0 Å². The van der Waals surface area contributed by atoms with Crippen LogP contribution in [-0.2, 0) is 0 Å². The van der Waals surface area contributed by atoms with Crippen molar-refractivity contribution >= 4 is 11.8 Å². The second kappa shape index (κ2) is 6.37. The summed E-state index contributed by atoms with van der Waals surface area (Å²) in [7, 11) is 0. The molecule has 1 aliphatic rings. The molecule has 7 heteroatoms. The Labute approximate surface area is 134 Å². The molecule has 1 unspecified atom stereocenters. The number of hydrogen-bond acceptors (Lipinski definition) is 4. The van der Waals surface area contributed by atoms with Crippen LogP contribution in [0.5, 0.6) is 0 Å². The van der Waals surface area contributed by atoms with Crippen LogP contribution < -0.4 is 5.32 Å². The third-order valence-corrected chi connectivity index (χ3v) is 4.14. The monoisotopic (exact) mass is 315 g/mol. The van der Waals surface area contributed by atoms with E-state index in [1.807, 2.05) is 37.3 Å². The maximum Gasteiger partial charge on any atom is 0.323 e. The van der Waals surface area contributed by atoms with E-state index >= 15 is 0 Å². The number of aliphatic hydroxyl groups is 1. The van der Waals surface area contributed by atoms with E-state index in [4.69, 9.17) is 0 Å². The number of carbonyl (C=O) groups is 1. The molecule has 7 nitrogen and oxygen atoms in total. The number of likely N-dealkylation sites (tertiary alicyclic amines) is 1. The summed E-state index contributed by atoms with van der Waals surface area (Å²) in [6, 6.07) is 9.32. The van der Waals surface area contributed by atoms with Crippen molar-refractivity contribution in [1.29, 1.82) is 0 Å². The molecule has 0 radical (unpaired) electrons. The Morgan fingerprint density at radius 2 is 2.04 bits per heavy atom. The summed E-state index contributed by atoms with van der Waals surface area (Å²) in [5.41, 5.74) is 0.140. The fraction of sp³-hybridized carbons (Fsp3) is 0.438. The van der Waals surface area contributed by atoms with E-state index in [0.29, 0.717) is 31.7 Å². The average molecular weight is 315 g/mol. The van der Waals surface area contributed by atoms with Crippen LogP contribution in [0.1, 0.15) is 26.2 Å². The Balaban J connectivity index is 1.71. The molecule has 0 spiro atoms. The number of nitrogens with one attached hydrogen (secondary N) is 1. The Morgan fingerprint density at radius 3 is 2.83 bits per heavy atom. The van der Waals surface area contributed by atoms with Gasteiger partial charge >= 0.3 is 6.03 Å². The van der Waals surface area contributed by atoms with Gasteiger partial charge in [0.1, 0.15) is 0 Å². The molecule has 122 valence electrons. The zero-order valence-electron chi connectivity index (χ0n) is 13.1. The van der Waals surface area contributed by atoms with Gasteiger partial charge in [-0.25, -0.2) is 4.79 Å². The number of rotatable bonds is 2. The molecule has 2 aromatic rings. The number of urea groups is 1. The van der Waals surface area contributed by atoms with Gasteiger partial charge in [-0.3, -0.25) is 5.32 Å². The lowest BCUT2D eigenvalue weighted by molar-refractivity contribution is 0.0458. The molecular weight excluding hydrogens is 294 g/mol. The molecule has 0 aliphatic carbocycles. The first-order chi connectivity index (χ1) is 11.1. The van der Waals surface area contributed by atoms with E-state index in [1.165, 1.54) is 6.20 Å². The summed E-state index contributed by atoms with van der Waals surface area (Å²) in [6.45, 7) is 2.99. The summed E-state index contributed by atoms with van der Waals surface area (Å²) in [6.07, 6.45) is 3.60. The molecule has 0 saturated carbocycles. The molecule has 0 bridgehead atoms. The molecule has 1 atom stereocenters. The minimum Gasteiger partial charge on any atom is -0.390 e. The lowest BCUT2D eigenvalue weighted by Gasteiger charge is -2.22. The Bertz CT molecular complexity index is 668. The van der Waals surface area contributed by atoms with E-state index < -0.39 is 5.60 Å². The number of carbonyl (C=O) groups excluding carboxylic acids is 1. The number of benzene rings is 1. The van der Waals surface area contributed by atoms with Crippen molar-refractivity contribution < 1.29 is 9.90 Å². The van der Waals surface area contributed by atoms with Gasteiger partial charge in [0.05, 0.1) is 17.5 Å². The van der Waals surface area contributed by atoms with E-state index in [1.54, 1.807) is 9.58 Å². The minimum atomic E-state index is -0.692. The Kier molecular flexibility index (Phi) is 4.29. The van der Waals surface area contributed by atoms with Gasteiger partial charge < -0.3 is 10.0 Å². The second-order valence-electron chi connectivity index (χ2n) is 6.13. The molecule has 23 heavy (non-hydrogen) atoms. The number of hydrogen-bond donors (Lipinski definition) is 2. The zero-order chi connectivity index (χ0) is 16.3. The number of para-hydroxylation sites is 1. The van der Waals surface area contributed by atoms with Crippen molar-refractivity contribution in [2.45, 2.75) is 31.8 Å². The van der Waals surface area contributed by atoms with Crippen molar-refractivity contribution in [3.05, 3.63) is 36.5 Å². The van der Waals surface area contributed by atoms with Crippen LogP contribution in [0.4, 0.5) is 10.6 Å². The highest BCUT2D eigenvalue weighted by atomic mass is 16.3. The van der Waals surface area contributed by atoms with Gasteiger partial charge in [0.25, 0.3) is 0 Å². The molecule has 1 aliphatic heterocycles. The molecule has 1 aromatic heterocycles. The lowest BCUT2D eigenvalue weighted by atomic mass is 9.98. The normalized spacial score (nSPS) is 21.7. The van der Waals surface area contributed by atoms with Gasteiger partial charge in [-0.05, 0) is 38.3 Å². The standard InChI is InChI=1S/C16H21N5O2/c1-16(23)8-5-10-20(11-9-16)15(22)18-14-12-17-19-21(14)13-6-3-2-4-7-13/h2-4,6-7,12,23H,5,8-11H2,1H3,(H,18,22).